The van der Waals surface area contributed by atoms with Crippen molar-refractivity contribution < 1.29 is 28.4 Å². The van der Waals surface area contributed by atoms with Crippen molar-refractivity contribution in [3.63, 3.8) is 0 Å². The van der Waals surface area contributed by atoms with Crippen LogP contribution in [0.5, 0.6) is 0 Å². The van der Waals surface area contributed by atoms with Crippen molar-refractivity contribution in [2.45, 2.75) is 76.6 Å². The number of hydrogen-bond acceptors (Lipinski definition) is 7. The summed E-state index contributed by atoms with van der Waals surface area (Å²) in [4.78, 5) is 0. The van der Waals surface area contributed by atoms with E-state index in [1.54, 1.807) is 34.8 Å². The first-order valence-electron chi connectivity index (χ1n) is 9.04. The van der Waals surface area contributed by atoms with Crippen molar-refractivity contribution in [2.75, 3.05) is 7.11 Å². The van der Waals surface area contributed by atoms with Gasteiger partial charge in [-0.15, -0.1) is 0 Å². The Bertz CT molecular complexity index is 671. The average Bonchev–Trinajstić information content (AvgIpc) is 2.94. The number of ether oxygens (including phenoxy) is 6. The third-order valence-corrected chi connectivity index (χ3v) is 4.64. The fraction of sp³-hybridized carbons (Fsp3) is 0.650. The van der Waals surface area contributed by atoms with Crippen molar-refractivity contribution in [1.82, 2.24) is 0 Å². The fourth-order valence-electron chi connectivity index (χ4n) is 3.23. The SMILES string of the molecule is COC(C)(C)O[C@H]1[C@H](OCc2ccccc2)[C@H]2OC(C)(C)O[C@H]2O[C@H]1C#N. The molecule has 0 radical (unpaired) electrons. The topological polar surface area (TPSA) is 79.2 Å². The van der Waals surface area contributed by atoms with Crippen LogP contribution in [0.15, 0.2) is 30.3 Å². The summed E-state index contributed by atoms with van der Waals surface area (Å²) in [5.41, 5.74) is 1.01. The molecule has 3 rings (SSSR count). The van der Waals surface area contributed by atoms with Crippen molar-refractivity contribution >= 4 is 0 Å². The van der Waals surface area contributed by atoms with E-state index in [0.29, 0.717) is 6.61 Å². The van der Waals surface area contributed by atoms with Gasteiger partial charge in [-0.05, 0) is 33.3 Å². The zero-order valence-electron chi connectivity index (χ0n) is 16.4. The van der Waals surface area contributed by atoms with E-state index in [1.165, 1.54) is 0 Å². The molecule has 27 heavy (non-hydrogen) atoms. The number of methoxy groups -OCH3 is 1. The van der Waals surface area contributed by atoms with Crippen molar-refractivity contribution in [3.05, 3.63) is 35.9 Å². The monoisotopic (exact) mass is 377 g/mol. The summed E-state index contributed by atoms with van der Waals surface area (Å²) >= 11 is 0. The van der Waals surface area contributed by atoms with Gasteiger partial charge in [-0.3, -0.25) is 0 Å². The Balaban J connectivity index is 1.85. The first-order valence-corrected chi connectivity index (χ1v) is 9.04. The van der Waals surface area contributed by atoms with Crippen LogP contribution in [0.2, 0.25) is 0 Å². The van der Waals surface area contributed by atoms with Gasteiger partial charge in [0.25, 0.3) is 0 Å². The lowest BCUT2D eigenvalue weighted by Gasteiger charge is -2.42. The maximum Gasteiger partial charge on any atom is 0.191 e. The molecular formula is C20H27NO6. The minimum Gasteiger partial charge on any atom is -0.368 e. The Morgan fingerprint density at radius 3 is 2.48 bits per heavy atom. The molecule has 0 spiro atoms. The van der Waals surface area contributed by atoms with E-state index in [1.807, 2.05) is 30.3 Å². The van der Waals surface area contributed by atoms with Crippen LogP contribution in [0, 0.1) is 11.3 Å². The second-order valence-electron chi connectivity index (χ2n) is 7.60. The van der Waals surface area contributed by atoms with Crippen LogP contribution in [0.3, 0.4) is 0 Å². The van der Waals surface area contributed by atoms with Crippen molar-refractivity contribution in [2.24, 2.45) is 0 Å². The van der Waals surface area contributed by atoms with Crippen molar-refractivity contribution in [1.29, 1.82) is 5.26 Å². The van der Waals surface area contributed by atoms with Gasteiger partial charge in [-0.2, -0.15) is 5.26 Å². The molecule has 2 heterocycles. The lowest BCUT2D eigenvalue weighted by molar-refractivity contribution is -0.309. The standard InChI is InChI=1S/C20H27NO6/c1-19(2,22-5)25-15-14(11-21)24-18-17(26-20(3,4)27-18)16(15)23-12-13-9-7-6-8-10-13/h6-10,14-18H,12H2,1-5H3/t14-,15+,16-,17+,18+/m0/s1. The smallest absolute Gasteiger partial charge is 0.191 e. The molecule has 0 unspecified atom stereocenters. The molecule has 0 aromatic heterocycles. The molecule has 2 aliphatic heterocycles. The van der Waals surface area contributed by atoms with Crippen molar-refractivity contribution in [3.8, 4) is 6.07 Å². The molecule has 0 N–H and O–H groups in total. The first-order chi connectivity index (χ1) is 12.7. The molecule has 148 valence electrons. The second-order valence-corrected chi connectivity index (χ2v) is 7.60. The van der Waals surface area contributed by atoms with Crippen LogP contribution in [-0.4, -0.2) is 49.4 Å². The quantitative estimate of drug-likeness (QED) is 0.705. The van der Waals surface area contributed by atoms with E-state index >= 15 is 0 Å². The Morgan fingerprint density at radius 1 is 1.15 bits per heavy atom. The summed E-state index contributed by atoms with van der Waals surface area (Å²) in [7, 11) is 1.55. The molecule has 0 saturated carbocycles. The molecule has 0 amide bonds. The van der Waals surface area contributed by atoms with Gasteiger partial charge in [0.2, 0.25) is 0 Å². The van der Waals surface area contributed by atoms with Crippen LogP contribution in [0.1, 0.15) is 33.3 Å². The molecule has 0 aliphatic carbocycles. The Morgan fingerprint density at radius 2 is 1.85 bits per heavy atom. The molecule has 5 atom stereocenters. The number of nitriles is 1. The Labute approximate surface area is 160 Å². The van der Waals surface area contributed by atoms with Gasteiger partial charge in [0.1, 0.15) is 18.3 Å². The van der Waals surface area contributed by atoms with Gasteiger partial charge < -0.3 is 28.4 Å². The van der Waals surface area contributed by atoms with Crippen LogP contribution < -0.4 is 0 Å². The molecule has 1 aromatic rings. The number of benzene rings is 1. The summed E-state index contributed by atoms with van der Waals surface area (Å²) in [6.07, 6.45) is -3.36. The molecule has 2 aliphatic rings. The minimum absolute atomic E-state index is 0.351. The molecule has 7 heteroatoms. The maximum atomic E-state index is 9.64. The van der Waals surface area contributed by atoms with E-state index in [0.717, 1.165) is 5.56 Å². The highest BCUT2D eigenvalue weighted by atomic mass is 16.8. The fourth-order valence-corrected chi connectivity index (χ4v) is 3.23. The summed E-state index contributed by atoms with van der Waals surface area (Å²) in [5, 5.41) is 9.64. The Kier molecular flexibility index (Phi) is 5.87. The summed E-state index contributed by atoms with van der Waals surface area (Å²) in [6, 6.07) is 11.9. The number of hydrogen-bond donors (Lipinski definition) is 0. The number of fused-ring (bicyclic) bond motifs is 1. The maximum absolute atomic E-state index is 9.64. The van der Waals surface area contributed by atoms with E-state index in [2.05, 4.69) is 6.07 Å². The van der Waals surface area contributed by atoms with Gasteiger partial charge >= 0.3 is 0 Å². The molecular weight excluding hydrogens is 350 g/mol. The lowest BCUT2D eigenvalue weighted by atomic mass is 9.98. The van der Waals surface area contributed by atoms with Gasteiger partial charge in [0, 0.05) is 7.11 Å². The molecule has 2 fully saturated rings. The molecule has 1 aromatic carbocycles. The number of rotatable bonds is 6. The molecule has 0 bridgehead atoms. The molecule has 7 nitrogen and oxygen atoms in total. The summed E-state index contributed by atoms with van der Waals surface area (Å²) in [6.45, 7) is 7.51. The average molecular weight is 377 g/mol. The van der Waals surface area contributed by atoms with Gasteiger partial charge in [-0.25, -0.2) is 0 Å². The second kappa shape index (κ2) is 7.84. The third kappa shape index (κ3) is 4.66. The summed E-state index contributed by atoms with van der Waals surface area (Å²) < 4.78 is 35.3. The van der Waals surface area contributed by atoms with Crippen LogP contribution >= 0.6 is 0 Å². The van der Waals surface area contributed by atoms with E-state index < -0.39 is 42.3 Å². The number of nitrogens with zero attached hydrogens (tertiary/aromatic N) is 1. The summed E-state index contributed by atoms with van der Waals surface area (Å²) in [5.74, 6) is -1.76. The largest absolute Gasteiger partial charge is 0.368 e. The first kappa shape index (κ1) is 20.2. The van der Waals surface area contributed by atoms with Crippen LogP contribution in [0.4, 0.5) is 0 Å². The minimum atomic E-state index is -0.917. The highest BCUT2D eigenvalue weighted by Gasteiger charge is 2.56. The van der Waals surface area contributed by atoms with E-state index in [9.17, 15) is 5.26 Å². The van der Waals surface area contributed by atoms with Gasteiger partial charge in [-0.1, -0.05) is 30.3 Å². The zero-order valence-corrected chi connectivity index (χ0v) is 16.4. The normalized spacial score (nSPS) is 32.7. The van der Waals surface area contributed by atoms with Gasteiger partial charge in [0.05, 0.1) is 12.7 Å². The highest BCUT2D eigenvalue weighted by Crippen LogP contribution is 2.39. The lowest BCUT2D eigenvalue weighted by Crippen LogP contribution is -2.59. The van der Waals surface area contributed by atoms with Crippen LogP contribution in [0.25, 0.3) is 0 Å². The van der Waals surface area contributed by atoms with E-state index in [-0.39, 0.29) is 0 Å². The third-order valence-electron chi connectivity index (χ3n) is 4.64. The van der Waals surface area contributed by atoms with E-state index in [4.69, 9.17) is 28.4 Å². The van der Waals surface area contributed by atoms with Crippen LogP contribution in [-0.2, 0) is 35.0 Å². The predicted molar refractivity (Wildman–Crippen MR) is 95.3 cm³/mol. The predicted octanol–water partition coefficient (Wildman–Crippen LogP) is 2.74. The zero-order chi connectivity index (χ0) is 19.7. The van der Waals surface area contributed by atoms with Gasteiger partial charge in [0.15, 0.2) is 24.0 Å². The molecule has 2 saturated heterocycles. The highest BCUT2D eigenvalue weighted by molar-refractivity contribution is 5.14. The Hall–Kier alpha value is -1.53.